The number of ether oxygens (including phenoxy) is 1. The maximum Gasteiger partial charge on any atom is 0.292 e. The Morgan fingerprint density at radius 1 is 1.29 bits per heavy atom. The van der Waals surface area contributed by atoms with Crippen molar-refractivity contribution in [2.24, 2.45) is 0 Å². The van der Waals surface area contributed by atoms with E-state index in [4.69, 9.17) is 16.3 Å². The van der Waals surface area contributed by atoms with Gasteiger partial charge in [0, 0.05) is 16.7 Å². The van der Waals surface area contributed by atoms with E-state index in [2.05, 4.69) is 5.32 Å². The lowest BCUT2D eigenvalue weighted by atomic mass is 10.1. The van der Waals surface area contributed by atoms with Gasteiger partial charge in [-0.25, -0.2) is 0 Å². The zero-order chi connectivity index (χ0) is 15.4. The number of anilines is 1. The van der Waals surface area contributed by atoms with E-state index < -0.39 is 4.92 Å². The molecule has 110 valence electrons. The van der Waals surface area contributed by atoms with E-state index >= 15 is 0 Å². The summed E-state index contributed by atoms with van der Waals surface area (Å²) in [7, 11) is 1.59. The summed E-state index contributed by atoms with van der Waals surface area (Å²) in [5.74, 6) is 0.724. The average Bonchev–Trinajstić information content (AvgIpc) is 2.46. The molecule has 1 N–H and O–H groups in total. The predicted octanol–water partition coefficient (Wildman–Crippen LogP) is 4.43. The van der Waals surface area contributed by atoms with Gasteiger partial charge < -0.3 is 10.1 Å². The van der Waals surface area contributed by atoms with E-state index in [-0.39, 0.29) is 11.7 Å². The summed E-state index contributed by atoms with van der Waals surface area (Å²) < 4.78 is 5.31. The van der Waals surface area contributed by atoms with Crippen LogP contribution >= 0.6 is 11.6 Å². The van der Waals surface area contributed by atoms with Crippen LogP contribution in [0.1, 0.15) is 18.5 Å². The van der Waals surface area contributed by atoms with Crippen molar-refractivity contribution in [2.75, 3.05) is 12.4 Å². The molecule has 5 nitrogen and oxygen atoms in total. The summed E-state index contributed by atoms with van der Waals surface area (Å²) in [5, 5.41) is 14.6. The zero-order valence-corrected chi connectivity index (χ0v) is 12.4. The number of nitro benzene ring substituents is 1. The smallest absolute Gasteiger partial charge is 0.292 e. The van der Waals surface area contributed by atoms with E-state index in [9.17, 15) is 10.1 Å². The highest BCUT2D eigenvalue weighted by molar-refractivity contribution is 6.31. The van der Waals surface area contributed by atoms with Crippen LogP contribution in [-0.2, 0) is 0 Å². The van der Waals surface area contributed by atoms with Crippen molar-refractivity contribution in [3.8, 4) is 5.75 Å². The number of benzene rings is 2. The number of nitro groups is 1. The first kappa shape index (κ1) is 15.1. The van der Waals surface area contributed by atoms with Crippen molar-refractivity contribution in [3.05, 3.63) is 63.2 Å². The number of hydrogen-bond acceptors (Lipinski definition) is 4. The van der Waals surface area contributed by atoms with E-state index in [0.717, 1.165) is 11.3 Å². The molecule has 0 spiro atoms. The highest BCUT2D eigenvalue weighted by Gasteiger charge is 2.18. The number of nitrogens with one attached hydrogen (secondary N) is 1. The molecule has 0 fully saturated rings. The summed E-state index contributed by atoms with van der Waals surface area (Å²) in [6, 6.07) is 11.8. The van der Waals surface area contributed by atoms with Crippen LogP contribution in [0.15, 0.2) is 42.5 Å². The molecular weight excluding hydrogens is 292 g/mol. The fraction of sp³-hybridized carbons (Fsp3) is 0.200. The van der Waals surface area contributed by atoms with Crippen molar-refractivity contribution in [1.29, 1.82) is 0 Å². The second-order valence-corrected chi connectivity index (χ2v) is 4.96. The van der Waals surface area contributed by atoms with Crippen LogP contribution in [0.5, 0.6) is 5.75 Å². The van der Waals surface area contributed by atoms with Crippen LogP contribution in [0.25, 0.3) is 0 Å². The normalized spacial score (nSPS) is 11.8. The number of halogens is 1. The highest BCUT2D eigenvalue weighted by Crippen LogP contribution is 2.33. The molecule has 0 aromatic heterocycles. The van der Waals surface area contributed by atoms with Gasteiger partial charge in [-0.3, -0.25) is 10.1 Å². The van der Waals surface area contributed by atoms with Gasteiger partial charge in [0.15, 0.2) is 0 Å². The van der Waals surface area contributed by atoms with E-state index in [1.807, 2.05) is 31.2 Å². The first-order valence-electron chi connectivity index (χ1n) is 6.36. The molecule has 0 amide bonds. The topological polar surface area (TPSA) is 64.4 Å². The van der Waals surface area contributed by atoms with Gasteiger partial charge in [-0.2, -0.15) is 0 Å². The third-order valence-corrected chi connectivity index (χ3v) is 3.37. The number of hydrogen-bond donors (Lipinski definition) is 1. The molecule has 6 heteroatoms. The molecule has 2 aromatic carbocycles. The van der Waals surface area contributed by atoms with Gasteiger partial charge in [0.2, 0.25) is 0 Å². The standard InChI is InChI=1S/C15H15ClN2O3/c1-10(12-5-3-4-6-15(12)21-2)17-13-9-11(16)7-8-14(13)18(19)20/h3-10,17H,1-2H3. The van der Waals surface area contributed by atoms with Crippen LogP contribution in [0.4, 0.5) is 11.4 Å². The third-order valence-electron chi connectivity index (χ3n) is 3.13. The van der Waals surface area contributed by atoms with Gasteiger partial charge >= 0.3 is 0 Å². The largest absolute Gasteiger partial charge is 0.496 e. The van der Waals surface area contributed by atoms with E-state index in [1.54, 1.807) is 13.2 Å². The molecular formula is C15H15ClN2O3. The zero-order valence-electron chi connectivity index (χ0n) is 11.7. The Hall–Kier alpha value is -2.27. The summed E-state index contributed by atoms with van der Waals surface area (Å²) in [6.07, 6.45) is 0. The molecule has 0 radical (unpaired) electrons. The lowest BCUT2D eigenvalue weighted by Gasteiger charge is -2.18. The van der Waals surface area contributed by atoms with Crippen LogP contribution in [0.2, 0.25) is 5.02 Å². The van der Waals surface area contributed by atoms with Gasteiger partial charge in [-0.05, 0) is 25.1 Å². The first-order chi connectivity index (χ1) is 10.0. The van der Waals surface area contributed by atoms with Crippen LogP contribution in [0.3, 0.4) is 0 Å². The molecule has 0 saturated carbocycles. The maximum atomic E-state index is 11.1. The maximum absolute atomic E-state index is 11.1. The summed E-state index contributed by atoms with van der Waals surface area (Å²) >= 11 is 5.92. The predicted molar refractivity (Wildman–Crippen MR) is 83.1 cm³/mol. The van der Waals surface area contributed by atoms with Crippen molar-refractivity contribution >= 4 is 23.0 Å². The minimum atomic E-state index is -0.437. The Morgan fingerprint density at radius 2 is 2.00 bits per heavy atom. The van der Waals surface area contributed by atoms with Gasteiger partial charge in [0.1, 0.15) is 11.4 Å². The Balaban J connectivity index is 2.33. The third kappa shape index (κ3) is 3.44. The van der Waals surface area contributed by atoms with Crippen molar-refractivity contribution in [1.82, 2.24) is 0 Å². The van der Waals surface area contributed by atoms with Gasteiger partial charge in [0.25, 0.3) is 5.69 Å². The first-order valence-corrected chi connectivity index (χ1v) is 6.74. The fourth-order valence-electron chi connectivity index (χ4n) is 2.12. The molecule has 0 aliphatic rings. The van der Waals surface area contributed by atoms with E-state index in [1.165, 1.54) is 12.1 Å². The van der Waals surface area contributed by atoms with Gasteiger partial charge in [0.05, 0.1) is 18.1 Å². The molecule has 0 aliphatic heterocycles. The van der Waals surface area contributed by atoms with Crippen molar-refractivity contribution in [2.45, 2.75) is 13.0 Å². The second kappa shape index (κ2) is 6.45. The Morgan fingerprint density at radius 3 is 2.67 bits per heavy atom. The van der Waals surface area contributed by atoms with E-state index in [0.29, 0.717) is 10.7 Å². The van der Waals surface area contributed by atoms with Crippen LogP contribution < -0.4 is 10.1 Å². The number of nitrogens with zero attached hydrogens (tertiary/aromatic N) is 1. The number of methoxy groups -OCH3 is 1. The number of para-hydroxylation sites is 1. The quantitative estimate of drug-likeness (QED) is 0.655. The van der Waals surface area contributed by atoms with Gasteiger partial charge in [-0.15, -0.1) is 0 Å². The molecule has 1 atom stereocenters. The Kier molecular flexibility index (Phi) is 4.65. The molecule has 2 rings (SSSR count). The van der Waals surface area contributed by atoms with Crippen molar-refractivity contribution in [3.63, 3.8) is 0 Å². The monoisotopic (exact) mass is 306 g/mol. The summed E-state index contributed by atoms with van der Waals surface area (Å²) in [6.45, 7) is 1.91. The minimum Gasteiger partial charge on any atom is -0.496 e. The van der Waals surface area contributed by atoms with Crippen LogP contribution in [0, 0.1) is 10.1 Å². The van der Waals surface area contributed by atoms with Crippen molar-refractivity contribution < 1.29 is 9.66 Å². The molecule has 0 bridgehead atoms. The summed E-state index contributed by atoms with van der Waals surface area (Å²) in [4.78, 5) is 10.6. The summed E-state index contributed by atoms with van der Waals surface area (Å²) in [5.41, 5.74) is 1.28. The molecule has 0 heterocycles. The number of rotatable bonds is 5. The molecule has 21 heavy (non-hydrogen) atoms. The minimum absolute atomic E-state index is 0.0128. The highest BCUT2D eigenvalue weighted by atomic mass is 35.5. The Bertz CT molecular complexity index is 661. The average molecular weight is 307 g/mol. The fourth-order valence-corrected chi connectivity index (χ4v) is 2.29. The SMILES string of the molecule is COc1ccccc1C(C)Nc1cc(Cl)ccc1[N+](=O)[O-]. The lowest BCUT2D eigenvalue weighted by Crippen LogP contribution is -2.09. The molecule has 0 saturated heterocycles. The molecule has 2 aromatic rings. The lowest BCUT2D eigenvalue weighted by molar-refractivity contribution is -0.384. The van der Waals surface area contributed by atoms with Crippen LogP contribution in [-0.4, -0.2) is 12.0 Å². The second-order valence-electron chi connectivity index (χ2n) is 4.53. The Labute approximate surface area is 127 Å². The van der Waals surface area contributed by atoms with Gasteiger partial charge in [-0.1, -0.05) is 29.8 Å². The molecule has 1 unspecified atom stereocenters. The molecule has 0 aliphatic carbocycles.